The molecule has 0 atom stereocenters. The zero-order chi connectivity index (χ0) is 13.0. The summed E-state index contributed by atoms with van der Waals surface area (Å²) in [6.45, 7) is 2.38. The molecule has 0 radical (unpaired) electrons. The van der Waals surface area contributed by atoms with Crippen LogP contribution in [-0.2, 0) is 16.4 Å². The van der Waals surface area contributed by atoms with E-state index < -0.39 is 10.0 Å². The number of aromatic amines is 1. The van der Waals surface area contributed by atoms with Crippen molar-refractivity contribution in [2.45, 2.75) is 18.4 Å². The second-order valence-electron chi connectivity index (χ2n) is 3.99. The number of nitrogens with zero attached hydrogens (tertiary/aromatic N) is 1. The first-order chi connectivity index (χ1) is 8.59. The maximum Gasteiger partial charge on any atom is 0.257 e. The molecule has 2 aromatic rings. The fourth-order valence-corrected chi connectivity index (χ4v) is 2.61. The minimum atomic E-state index is -3.47. The quantitative estimate of drug-likeness (QED) is 0.854. The molecular formula is C12H15N3O2S. The van der Waals surface area contributed by atoms with Crippen LogP contribution >= 0.6 is 0 Å². The molecule has 0 saturated heterocycles. The summed E-state index contributed by atoms with van der Waals surface area (Å²) in [6.07, 6.45) is 3.30. The third-order valence-electron chi connectivity index (χ3n) is 2.71. The van der Waals surface area contributed by atoms with E-state index in [2.05, 4.69) is 14.7 Å². The fraction of sp³-hybridized carbons (Fsp3) is 0.250. The molecule has 1 aromatic heterocycles. The third-order valence-corrected chi connectivity index (χ3v) is 4.10. The number of aromatic nitrogens is 2. The molecule has 0 aliphatic rings. The molecule has 0 aliphatic heterocycles. The Morgan fingerprint density at radius 2 is 2.11 bits per heavy atom. The van der Waals surface area contributed by atoms with Crippen molar-refractivity contribution in [2.75, 3.05) is 6.54 Å². The van der Waals surface area contributed by atoms with Gasteiger partial charge in [0.05, 0.1) is 12.5 Å². The molecular weight excluding hydrogens is 250 g/mol. The molecule has 5 nitrogen and oxygen atoms in total. The topological polar surface area (TPSA) is 74.8 Å². The summed E-state index contributed by atoms with van der Waals surface area (Å²) in [7, 11) is -3.47. The summed E-state index contributed by atoms with van der Waals surface area (Å²) < 4.78 is 26.1. The Balaban J connectivity index is 1.96. The normalized spacial score (nSPS) is 11.6. The van der Waals surface area contributed by atoms with Gasteiger partial charge in [0, 0.05) is 6.54 Å². The Morgan fingerprint density at radius 1 is 1.33 bits per heavy atom. The number of imidazole rings is 1. The van der Waals surface area contributed by atoms with Crippen molar-refractivity contribution in [1.82, 2.24) is 14.7 Å². The van der Waals surface area contributed by atoms with Gasteiger partial charge in [0.25, 0.3) is 10.0 Å². The standard InChI is InChI=1S/C12H15N3O2S/c1-10-4-2-3-5-11(10)6-7-15-18(16,17)12-8-13-9-14-12/h2-5,8-9,15H,6-7H2,1H3,(H,13,14). The lowest BCUT2D eigenvalue weighted by Crippen LogP contribution is -2.26. The van der Waals surface area contributed by atoms with Gasteiger partial charge in [0.15, 0.2) is 5.03 Å². The van der Waals surface area contributed by atoms with Crippen molar-refractivity contribution < 1.29 is 8.42 Å². The molecule has 1 heterocycles. The monoisotopic (exact) mass is 265 g/mol. The highest BCUT2D eigenvalue weighted by molar-refractivity contribution is 7.89. The number of H-pyrrole nitrogens is 1. The number of nitrogens with one attached hydrogen (secondary N) is 2. The Morgan fingerprint density at radius 3 is 2.78 bits per heavy atom. The molecule has 0 unspecified atom stereocenters. The molecule has 96 valence electrons. The highest BCUT2D eigenvalue weighted by Crippen LogP contribution is 2.08. The van der Waals surface area contributed by atoms with Crippen LogP contribution < -0.4 is 4.72 Å². The molecule has 0 amide bonds. The SMILES string of the molecule is Cc1ccccc1CCNS(=O)(=O)c1cnc[nH]1. The minimum absolute atomic E-state index is 0.0901. The van der Waals surface area contributed by atoms with Crippen LogP contribution in [0.5, 0.6) is 0 Å². The second kappa shape index (κ2) is 5.32. The van der Waals surface area contributed by atoms with Gasteiger partial charge in [0.1, 0.15) is 0 Å². The zero-order valence-electron chi connectivity index (χ0n) is 10.1. The number of hydrogen-bond donors (Lipinski definition) is 2. The lowest BCUT2D eigenvalue weighted by atomic mass is 10.1. The van der Waals surface area contributed by atoms with Crippen LogP contribution in [0.2, 0.25) is 0 Å². The first kappa shape index (κ1) is 12.8. The predicted octanol–water partition coefficient (Wildman–Crippen LogP) is 1.24. The number of aryl methyl sites for hydroxylation is 1. The van der Waals surface area contributed by atoms with E-state index in [0.29, 0.717) is 13.0 Å². The Kier molecular flexibility index (Phi) is 3.78. The van der Waals surface area contributed by atoms with Crippen LogP contribution in [0.3, 0.4) is 0 Å². The lowest BCUT2D eigenvalue weighted by Gasteiger charge is -2.06. The molecule has 0 bridgehead atoms. The van der Waals surface area contributed by atoms with E-state index in [1.165, 1.54) is 18.1 Å². The molecule has 1 aromatic carbocycles. The fourth-order valence-electron chi connectivity index (χ4n) is 1.68. The highest BCUT2D eigenvalue weighted by atomic mass is 32.2. The maximum atomic E-state index is 11.8. The van der Waals surface area contributed by atoms with Gasteiger partial charge in [-0.25, -0.2) is 18.1 Å². The molecule has 0 spiro atoms. The molecule has 0 aliphatic carbocycles. The van der Waals surface area contributed by atoms with Crippen LogP contribution in [0.1, 0.15) is 11.1 Å². The summed E-state index contributed by atoms with van der Waals surface area (Å²) in [4.78, 5) is 6.27. The third kappa shape index (κ3) is 2.96. The van der Waals surface area contributed by atoms with E-state index >= 15 is 0 Å². The van der Waals surface area contributed by atoms with Crippen molar-refractivity contribution in [1.29, 1.82) is 0 Å². The van der Waals surface area contributed by atoms with Gasteiger partial charge in [-0.15, -0.1) is 0 Å². The summed E-state index contributed by atoms with van der Waals surface area (Å²) in [5, 5.41) is 0.0901. The highest BCUT2D eigenvalue weighted by Gasteiger charge is 2.14. The van der Waals surface area contributed by atoms with E-state index in [4.69, 9.17) is 0 Å². The first-order valence-electron chi connectivity index (χ1n) is 5.62. The van der Waals surface area contributed by atoms with Gasteiger partial charge in [-0.2, -0.15) is 0 Å². The molecule has 0 saturated carbocycles. The number of benzene rings is 1. The maximum absolute atomic E-state index is 11.8. The van der Waals surface area contributed by atoms with Gasteiger partial charge in [-0.3, -0.25) is 0 Å². The Hall–Kier alpha value is -1.66. The molecule has 6 heteroatoms. The van der Waals surface area contributed by atoms with E-state index in [1.54, 1.807) is 0 Å². The summed E-state index contributed by atoms with van der Waals surface area (Å²) >= 11 is 0. The molecule has 18 heavy (non-hydrogen) atoms. The van der Waals surface area contributed by atoms with Gasteiger partial charge < -0.3 is 4.98 Å². The van der Waals surface area contributed by atoms with Crippen molar-refractivity contribution in [3.63, 3.8) is 0 Å². The van der Waals surface area contributed by atoms with Crippen molar-refractivity contribution in [3.05, 3.63) is 47.9 Å². The molecule has 2 N–H and O–H groups in total. The van der Waals surface area contributed by atoms with Crippen molar-refractivity contribution >= 4 is 10.0 Å². The minimum Gasteiger partial charge on any atom is -0.335 e. The molecule has 2 rings (SSSR count). The van der Waals surface area contributed by atoms with Crippen LogP contribution in [-0.4, -0.2) is 24.9 Å². The van der Waals surface area contributed by atoms with Crippen LogP contribution in [0.15, 0.2) is 41.8 Å². The summed E-state index contributed by atoms with van der Waals surface area (Å²) in [5.41, 5.74) is 2.31. The largest absolute Gasteiger partial charge is 0.335 e. The number of hydrogen-bond acceptors (Lipinski definition) is 3. The van der Waals surface area contributed by atoms with E-state index in [0.717, 1.165) is 5.56 Å². The zero-order valence-corrected chi connectivity index (χ0v) is 10.9. The number of sulfonamides is 1. The van der Waals surface area contributed by atoms with E-state index in [9.17, 15) is 8.42 Å². The molecule has 0 fully saturated rings. The Bertz CT molecular complexity index is 606. The predicted molar refractivity (Wildman–Crippen MR) is 68.7 cm³/mol. The van der Waals surface area contributed by atoms with Gasteiger partial charge in [-0.05, 0) is 24.5 Å². The van der Waals surface area contributed by atoms with Crippen molar-refractivity contribution in [2.24, 2.45) is 0 Å². The van der Waals surface area contributed by atoms with Crippen LogP contribution in [0.4, 0.5) is 0 Å². The van der Waals surface area contributed by atoms with E-state index in [-0.39, 0.29) is 5.03 Å². The summed E-state index contributed by atoms with van der Waals surface area (Å²) in [6, 6.07) is 7.93. The Labute approximate surface area is 106 Å². The number of rotatable bonds is 5. The average molecular weight is 265 g/mol. The average Bonchev–Trinajstić information content (AvgIpc) is 2.86. The van der Waals surface area contributed by atoms with Gasteiger partial charge >= 0.3 is 0 Å². The second-order valence-corrected chi connectivity index (χ2v) is 5.73. The van der Waals surface area contributed by atoms with E-state index in [1.807, 2.05) is 31.2 Å². The van der Waals surface area contributed by atoms with Gasteiger partial charge in [0.2, 0.25) is 0 Å². The van der Waals surface area contributed by atoms with Gasteiger partial charge in [-0.1, -0.05) is 24.3 Å². The van der Waals surface area contributed by atoms with Crippen LogP contribution in [0, 0.1) is 6.92 Å². The van der Waals surface area contributed by atoms with Crippen molar-refractivity contribution in [3.8, 4) is 0 Å². The summed E-state index contributed by atoms with van der Waals surface area (Å²) in [5.74, 6) is 0. The lowest BCUT2D eigenvalue weighted by molar-refractivity contribution is 0.578. The van der Waals surface area contributed by atoms with Crippen LogP contribution in [0.25, 0.3) is 0 Å². The first-order valence-corrected chi connectivity index (χ1v) is 7.10. The smallest absolute Gasteiger partial charge is 0.257 e.